The van der Waals surface area contributed by atoms with Crippen molar-refractivity contribution in [1.82, 2.24) is 4.98 Å². The molecule has 0 amide bonds. The second-order valence-corrected chi connectivity index (χ2v) is 8.48. The smallest absolute Gasteiger partial charge is 0.263 e. The molecule has 1 heterocycles. The van der Waals surface area contributed by atoms with E-state index in [0.717, 1.165) is 11.1 Å². The zero-order valence-corrected chi connectivity index (χ0v) is 16.6. The average Bonchev–Trinajstić information content (AvgIpc) is 2.55. The van der Waals surface area contributed by atoms with Gasteiger partial charge in [-0.3, -0.25) is 4.72 Å². The van der Waals surface area contributed by atoms with E-state index in [4.69, 9.17) is 34.8 Å². The van der Waals surface area contributed by atoms with E-state index in [2.05, 4.69) is 9.71 Å². The zero-order valence-electron chi connectivity index (χ0n) is 13.5. The number of pyridine rings is 1. The second kappa shape index (κ2) is 7.45. The minimum atomic E-state index is -3.87. The molecule has 0 aliphatic heterocycles. The van der Waals surface area contributed by atoms with Crippen LogP contribution in [0.25, 0.3) is 11.1 Å². The number of nitrogens with zero attached hydrogens (tertiary/aromatic N) is 1. The Bertz CT molecular complexity index is 1070. The maximum absolute atomic E-state index is 12.5. The molecule has 0 radical (unpaired) electrons. The van der Waals surface area contributed by atoms with E-state index in [1.54, 1.807) is 25.1 Å². The monoisotopic (exact) mass is 426 g/mol. The van der Waals surface area contributed by atoms with Gasteiger partial charge in [-0.2, -0.15) is 0 Å². The molecule has 0 atom stereocenters. The van der Waals surface area contributed by atoms with Crippen molar-refractivity contribution in [2.24, 2.45) is 0 Å². The summed E-state index contributed by atoms with van der Waals surface area (Å²) >= 11 is 18.0. The van der Waals surface area contributed by atoms with Crippen molar-refractivity contribution in [3.63, 3.8) is 0 Å². The molecule has 0 spiro atoms. The highest BCUT2D eigenvalue weighted by Crippen LogP contribution is 2.30. The number of anilines is 1. The lowest BCUT2D eigenvalue weighted by molar-refractivity contribution is 0.601. The maximum atomic E-state index is 12.5. The molecule has 0 aliphatic carbocycles. The third-order valence-electron chi connectivity index (χ3n) is 3.64. The molecule has 134 valence electrons. The highest BCUT2D eigenvalue weighted by molar-refractivity contribution is 7.92. The predicted octanol–water partition coefficient (Wildman–Crippen LogP) is 5.82. The summed E-state index contributed by atoms with van der Waals surface area (Å²) in [5.41, 5.74) is 2.29. The first-order valence-electron chi connectivity index (χ1n) is 7.48. The largest absolute Gasteiger partial charge is 0.263 e. The van der Waals surface area contributed by atoms with Crippen LogP contribution in [0.3, 0.4) is 0 Å². The van der Waals surface area contributed by atoms with Crippen LogP contribution in [-0.2, 0) is 10.0 Å². The van der Waals surface area contributed by atoms with Crippen LogP contribution in [0.1, 0.15) is 5.69 Å². The van der Waals surface area contributed by atoms with Crippen LogP contribution in [0.5, 0.6) is 0 Å². The normalized spacial score (nSPS) is 11.4. The van der Waals surface area contributed by atoms with Gasteiger partial charge in [0.1, 0.15) is 5.82 Å². The summed E-state index contributed by atoms with van der Waals surface area (Å²) in [4.78, 5) is 4.29. The van der Waals surface area contributed by atoms with Crippen LogP contribution < -0.4 is 4.72 Å². The van der Waals surface area contributed by atoms with Crippen molar-refractivity contribution in [3.8, 4) is 11.1 Å². The molecule has 1 N–H and O–H groups in total. The first kappa shape index (κ1) is 19.0. The average molecular weight is 428 g/mol. The molecule has 0 bridgehead atoms. The fourth-order valence-corrected chi connectivity index (χ4v) is 4.43. The van der Waals surface area contributed by atoms with Gasteiger partial charge in [-0.05, 0) is 43.3 Å². The molecule has 3 rings (SSSR count). The number of hydrogen-bond acceptors (Lipinski definition) is 3. The van der Waals surface area contributed by atoms with E-state index in [-0.39, 0.29) is 20.8 Å². The van der Waals surface area contributed by atoms with Crippen molar-refractivity contribution >= 4 is 50.6 Å². The van der Waals surface area contributed by atoms with Gasteiger partial charge in [-0.1, -0.05) is 53.0 Å². The van der Waals surface area contributed by atoms with Crippen LogP contribution >= 0.6 is 34.8 Å². The lowest BCUT2D eigenvalue weighted by Gasteiger charge is -2.12. The van der Waals surface area contributed by atoms with Gasteiger partial charge in [0, 0.05) is 31.9 Å². The Balaban J connectivity index is 1.94. The van der Waals surface area contributed by atoms with Crippen molar-refractivity contribution in [3.05, 3.63) is 75.4 Å². The maximum Gasteiger partial charge on any atom is 0.263 e. The van der Waals surface area contributed by atoms with Crippen LogP contribution in [-0.4, -0.2) is 13.4 Å². The number of aryl methyl sites for hydroxylation is 1. The number of aromatic nitrogens is 1. The molecule has 1 aromatic heterocycles. The molecule has 0 fully saturated rings. The lowest BCUT2D eigenvalue weighted by Crippen LogP contribution is -2.14. The second-order valence-electron chi connectivity index (χ2n) is 5.52. The summed E-state index contributed by atoms with van der Waals surface area (Å²) in [7, 11) is -3.87. The van der Waals surface area contributed by atoms with Gasteiger partial charge in [0.05, 0.1) is 4.90 Å². The Kier molecular flexibility index (Phi) is 5.44. The molecule has 2 aromatic carbocycles. The minimum absolute atomic E-state index is 0.0374. The Morgan fingerprint density at radius 3 is 2.15 bits per heavy atom. The molecule has 0 saturated carbocycles. The first-order valence-corrected chi connectivity index (χ1v) is 10.1. The molecule has 8 heteroatoms. The van der Waals surface area contributed by atoms with Gasteiger partial charge in [-0.15, -0.1) is 0 Å². The summed E-state index contributed by atoms with van der Waals surface area (Å²) in [5.74, 6) is 0.189. The topological polar surface area (TPSA) is 59.1 Å². The first-order chi connectivity index (χ1) is 12.3. The number of benzene rings is 2. The summed E-state index contributed by atoms with van der Waals surface area (Å²) in [5, 5.41) is 1.06. The summed E-state index contributed by atoms with van der Waals surface area (Å²) in [6.07, 6.45) is 0. The van der Waals surface area contributed by atoms with Gasteiger partial charge in [0.2, 0.25) is 0 Å². The van der Waals surface area contributed by atoms with Crippen LogP contribution in [0.15, 0.2) is 59.5 Å². The zero-order chi connectivity index (χ0) is 18.9. The van der Waals surface area contributed by atoms with E-state index >= 15 is 0 Å². The third kappa shape index (κ3) is 4.13. The fraction of sp³-hybridized carbons (Fsp3) is 0.0556. The highest BCUT2D eigenvalue weighted by Gasteiger charge is 2.17. The highest BCUT2D eigenvalue weighted by atomic mass is 35.5. The van der Waals surface area contributed by atoms with Crippen molar-refractivity contribution < 1.29 is 8.42 Å². The van der Waals surface area contributed by atoms with Gasteiger partial charge < -0.3 is 0 Å². The predicted molar refractivity (Wildman–Crippen MR) is 107 cm³/mol. The molecule has 0 aliphatic rings. The van der Waals surface area contributed by atoms with Crippen molar-refractivity contribution in [2.45, 2.75) is 11.8 Å². The van der Waals surface area contributed by atoms with Gasteiger partial charge in [0.15, 0.2) is 0 Å². The quantitative estimate of drug-likeness (QED) is 0.571. The van der Waals surface area contributed by atoms with E-state index < -0.39 is 10.0 Å². The Morgan fingerprint density at radius 2 is 1.54 bits per heavy atom. The number of rotatable bonds is 4. The number of hydrogen-bond donors (Lipinski definition) is 1. The molecule has 26 heavy (non-hydrogen) atoms. The minimum Gasteiger partial charge on any atom is -0.263 e. The van der Waals surface area contributed by atoms with Crippen LogP contribution in [0, 0.1) is 6.92 Å². The number of sulfonamides is 1. The van der Waals surface area contributed by atoms with Crippen molar-refractivity contribution in [1.29, 1.82) is 0 Å². The van der Waals surface area contributed by atoms with Crippen molar-refractivity contribution in [2.75, 3.05) is 4.72 Å². The molecule has 4 nitrogen and oxygen atoms in total. The molecule has 0 unspecified atom stereocenters. The summed E-state index contributed by atoms with van der Waals surface area (Å²) in [6, 6.07) is 14.8. The van der Waals surface area contributed by atoms with E-state index in [1.165, 1.54) is 18.2 Å². The van der Waals surface area contributed by atoms with E-state index in [9.17, 15) is 8.42 Å². The van der Waals surface area contributed by atoms with Gasteiger partial charge in [0.25, 0.3) is 10.0 Å². The molecular formula is C18H13Cl3N2O2S. The summed E-state index contributed by atoms with van der Waals surface area (Å²) in [6.45, 7) is 1.78. The third-order valence-corrected chi connectivity index (χ3v) is 5.74. The molecule has 0 saturated heterocycles. The molecular weight excluding hydrogens is 415 g/mol. The number of halogens is 3. The van der Waals surface area contributed by atoms with Crippen LogP contribution in [0.2, 0.25) is 15.1 Å². The van der Waals surface area contributed by atoms with E-state index in [1.807, 2.05) is 18.2 Å². The SMILES string of the molecule is Cc1nc(NS(=O)(=O)c2cc(Cl)cc(Cl)c2)ccc1-c1ccccc1Cl. The fourth-order valence-electron chi connectivity index (χ4n) is 2.46. The lowest BCUT2D eigenvalue weighted by atomic mass is 10.0. The van der Waals surface area contributed by atoms with E-state index in [0.29, 0.717) is 10.7 Å². The molecule has 3 aromatic rings. The van der Waals surface area contributed by atoms with Gasteiger partial charge >= 0.3 is 0 Å². The Hall–Kier alpha value is -1.79. The van der Waals surface area contributed by atoms with Gasteiger partial charge in [-0.25, -0.2) is 13.4 Å². The number of nitrogens with one attached hydrogen (secondary N) is 1. The Morgan fingerprint density at radius 1 is 0.885 bits per heavy atom. The standard InChI is InChI=1S/C18H13Cl3N2O2S/c1-11-15(16-4-2-3-5-17(16)21)6-7-18(22-11)23-26(24,25)14-9-12(19)8-13(20)10-14/h2-10H,1H3,(H,22,23). The Labute approximate surface area is 166 Å². The van der Waals surface area contributed by atoms with Crippen LogP contribution in [0.4, 0.5) is 5.82 Å². The summed E-state index contributed by atoms with van der Waals surface area (Å²) < 4.78 is 27.5.